The van der Waals surface area contributed by atoms with Gasteiger partial charge >= 0.3 is 6.47 Å². The molecule has 17 heavy (non-hydrogen) atoms. The standard InChI is InChI=1S/C6H5NO2S.C5H11IO/c8-5-9-7-4-2-1-3-6(7)10;1-5(2,6)4-7-3/h1-5H;4H2,1-3H3. The van der Waals surface area contributed by atoms with Crippen LogP contribution < -0.4 is 4.84 Å². The average molecular weight is 369 g/mol. The highest BCUT2D eigenvalue weighted by atomic mass is 127. The van der Waals surface area contributed by atoms with Gasteiger partial charge in [-0.1, -0.05) is 40.9 Å². The van der Waals surface area contributed by atoms with Crippen LogP contribution in [0.5, 0.6) is 0 Å². The molecule has 0 fully saturated rings. The van der Waals surface area contributed by atoms with Crippen LogP contribution in [-0.2, 0) is 9.53 Å². The molecular formula is C11H16INO3S. The van der Waals surface area contributed by atoms with E-state index in [-0.39, 0.29) is 0 Å². The molecule has 6 heteroatoms. The van der Waals surface area contributed by atoms with Crippen molar-refractivity contribution >= 4 is 41.3 Å². The minimum Gasteiger partial charge on any atom is -0.383 e. The highest BCUT2D eigenvalue weighted by Gasteiger charge is 2.09. The fraction of sp³-hybridized carbons (Fsp3) is 0.455. The molecule has 0 bridgehead atoms. The zero-order valence-corrected chi connectivity index (χ0v) is 13.0. The van der Waals surface area contributed by atoms with Crippen LogP contribution in [0.25, 0.3) is 0 Å². The molecule has 0 aliphatic heterocycles. The van der Waals surface area contributed by atoms with Gasteiger partial charge in [0.25, 0.3) is 0 Å². The van der Waals surface area contributed by atoms with Crippen LogP contribution >= 0.6 is 34.8 Å². The van der Waals surface area contributed by atoms with E-state index in [0.717, 1.165) is 6.61 Å². The van der Waals surface area contributed by atoms with Crippen LogP contribution in [-0.4, -0.2) is 28.3 Å². The first-order chi connectivity index (χ1) is 7.90. The Morgan fingerprint density at radius 3 is 2.53 bits per heavy atom. The Bertz CT molecular complexity index is 387. The van der Waals surface area contributed by atoms with Crippen molar-refractivity contribution in [1.82, 2.24) is 4.73 Å². The Labute approximate surface area is 120 Å². The molecule has 0 radical (unpaired) electrons. The number of aromatic nitrogens is 1. The number of halogens is 1. The van der Waals surface area contributed by atoms with Gasteiger partial charge in [-0.25, -0.2) is 0 Å². The third kappa shape index (κ3) is 9.25. The van der Waals surface area contributed by atoms with E-state index in [1.807, 2.05) is 0 Å². The first-order valence-corrected chi connectivity index (χ1v) is 6.36. The molecule has 0 N–H and O–H groups in total. The van der Waals surface area contributed by atoms with Gasteiger partial charge in [-0.15, -0.1) is 0 Å². The maximum absolute atomic E-state index is 9.84. The number of hydrogen-bond donors (Lipinski definition) is 0. The van der Waals surface area contributed by atoms with Gasteiger partial charge in [0.15, 0.2) is 0 Å². The van der Waals surface area contributed by atoms with E-state index < -0.39 is 0 Å². The number of hydrogen-bond acceptors (Lipinski definition) is 4. The van der Waals surface area contributed by atoms with Gasteiger partial charge in [-0.2, -0.15) is 4.73 Å². The molecular weight excluding hydrogens is 353 g/mol. The second-order valence-electron chi connectivity index (χ2n) is 3.72. The number of methoxy groups -OCH3 is 1. The zero-order chi connectivity index (χ0) is 13.3. The predicted molar refractivity (Wildman–Crippen MR) is 77.9 cm³/mol. The molecule has 1 aromatic heterocycles. The van der Waals surface area contributed by atoms with Crippen LogP contribution in [0.4, 0.5) is 0 Å². The number of pyridine rings is 1. The van der Waals surface area contributed by atoms with Gasteiger partial charge in [0.05, 0.1) is 6.61 Å². The monoisotopic (exact) mass is 369 g/mol. The number of carbonyl (C=O) groups excluding carboxylic acids is 1. The lowest BCUT2D eigenvalue weighted by Crippen LogP contribution is -2.16. The second kappa shape index (κ2) is 8.60. The summed E-state index contributed by atoms with van der Waals surface area (Å²) >= 11 is 7.15. The third-order valence-electron chi connectivity index (χ3n) is 1.43. The van der Waals surface area contributed by atoms with Crippen molar-refractivity contribution in [3.63, 3.8) is 0 Å². The molecule has 0 spiro atoms. The molecule has 0 saturated heterocycles. The maximum atomic E-state index is 9.84. The summed E-state index contributed by atoms with van der Waals surface area (Å²) < 4.78 is 6.87. The van der Waals surface area contributed by atoms with E-state index in [1.54, 1.807) is 31.5 Å². The quantitative estimate of drug-likeness (QED) is 0.354. The fourth-order valence-electron chi connectivity index (χ4n) is 0.889. The summed E-state index contributed by atoms with van der Waals surface area (Å²) in [7, 11) is 1.72. The Morgan fingerprint density at radius 2 is 2.18 bits per heavy atom. The van der Waals surface area contributed by atoms with Gasteiger partial charge in [-0.3, -0.25) is 4.79 Å². The van der Waals surface area contributed by atoms with E-state index in [9.17, 15) is 4.79 Å². The molecule has 0 amide bonds. The summed E-state index contributed by atoms with van der Waals surface area (Å²) in [6, 6.07) is 5.16. The average Bonchev–Trinajstić information content (AvgIpc) is 2.21. The van der Waals surface area contributed by atoms with E-state index in [4.69, 9.17) is 17.0 Å². The topological polar surface area (TPSA) is 40.5 Å². The lowest BCUT2D eigenvalue weighted by atomic mass is 10.2. The molecule has 96 valence electrons. The number of alkyl halides is 1. The van der Waals surface area contributed by atoms with Crippen LogP contribution in [0.3, 0.4) is 0 Å². The van der Waals surface area contributed by atoms with Crippen molar-refractivity contribution in [2.75, 3.05) is 13.7 Å². The minimum absolute atomic E-state index is 0.298. The molecule has 0 atom stereocenters. The van der Waals surface area contributed by atoms with Crippen molar-refractivity contribution in [1.29, 1.82) is 0 Å². The molecule has 0 aromatic carbocycles. The fourth-order valence-corrected chi connectivity index (χ4v) is 1.38. The van der Waals surface area contributed by atoms with Crippen LogP contribution in [0.1, 0.15) is 13.8 Å². The summed E-state index contributed by atoms with van der Waals surface area (Å²) in [6.45, 7) is 5.43. The number of ether oxygens (including phenoxy) is 1. The van der Waals surface area contributed by atoms with Crippen molar-refractivity contribution in [2.24, 2.45) is 0 Å². The Morgan fingerprint density at radius 1 is 1.53 bits per heavy atom. The molecule has 0 unspecified atom stereocenters. The largest absolute Gasteiger partial charge is 0.383 e. The van der Waals surface area contributed by atoms with E-state index in [0.29, 0.717) is 14.5 Å². The van der Waals surface area contributed by atoms with Crippen molar-refractivity contribution < 1.29 is 14.4 Å². The van der Waals surface area contributed by atoms with E-state index in [2.05, 4.69) is 41.3 Å². The lowest BCUT2D eigenvalue weighted by Gasteiger charge is -2.12. The first kappa shape index (κ1) is 16.5. The van der Waals surface area contributed by atoms with Crippen LogP contribution in [0, 0.1) is 4.64 Å². The van der Waals surface area contributed by atoms with Crippen LogP contribution in [0.15, 0.2) is 24.4 Å². The normalized spacial score (nSPS) is 10.1. The maximum Gasteiger partial charge on any atom is 0.321 e. The summed E-state index contributed by atoms with van der Waals surface area (Å²) in [5, 5.41) is 0. The number of carbonyl (C=O) groups is 1. The summed E-state index contributed by atoms with van der Waals surface area (Å²) in [6.07, 6.45) is 1.57. The Hall–Kier alpha value is -0.470. The highest BCUT2D eigenvalue weighted by molar-refractivity contribution is 14.1. The summed E-state index contributed by atoms with van der Waals surface area (Å²) in [5.74, 6) is 0. The Kier molecular flexibility index (Phi) is 8.36. The summed E-state index contributed by atoms with van der Waals surface area (Å²) in [5.41, 5.74) is 0. The number of nitrogens with zero attached hydrogens (tertiary/aromatic N) is 1. The zero-order valence-electron chi connectivity index (χ0n) is 10.1. The van der Waals surface area contributed by atoms with Crippen molar-refractivity contribution in [3.8, 4) is 0 Å². The first-order valence-electron chi connectivity index (χ1n) is 4.87. The van der Waals surface area contributed by atoms with E-state index in [1.165, 1.54) is 4.73 Å². The van der Waals surface area contributed by atoms with E-state index >= 15 is 0 Å². The predicted octanol–water partition coefficient (Wildman–Crippen LogP) is 2.65. The molecule has 4 nitrogen and oxygen atoms in total. The smallest absolute Gasteiger partial charge is 0.321 e. The SMILES string of the molecule is COCC(C)(C)I.O=COn1ccccc1=S. The third-order valence-corrected chi connectivity index (χ3v) is 2.06. The molecule has 0 aliphatic rings. The highest BCUT2D eigenvalue weighted by Crippen LogP contribution is 2.15. The minimum atomic E-state index is 0.298. The molecule has 1 heterocycles. The Balaban J connectivity index is 0.000000325. The van der Waals surface area contributed by atoms with Crippen molar-refractivity contribution in [2.45, 2.75) is 17.3 Å². The number of rotatable bonds is 4. The van der Waals surface area contributed by atoms with Gasteiger partial charge in [0.2, 0.25) is 0 Å². The molecule has 0 aliphatic carbocycles. The van der Waals surface area contributed by atoms with Gasteiger partial charge < -0.3 is 9.57 Å². The van der Waals surface area contributed by atoms with Crippen molar-refractivity contribution in [3.05, 3.63) is 29.0 Å². The van der Waals surface area contributed by atoms with Gasteiger partial charge in [0.1, 0.15) is 4.64 Å². The lowest BCUT2D eigenvalue weighted by molar-refractivity contribution is -0.129. The summed E-state index contributed by atoms with van der Waals surface area (Å²) in [4.78, 5) is 14.3. The molecule has 1 aromatic rings. The van der Waals surface area contributed by atoms with Crippen LogP contribution in [0.2, 0.25) is 0 Å². The second-order valence-corrected chi connectivity index (χ2v) is 7.06. The molecule has 0 saturated carbocycles. The van der Waals surface area contributed by atoms with Gasteiger partial charge in [-0.05, 0) is 26.0 Å². The molecule has 1 rings (SSSR count). The van der Waals surface area contributed by atoms with Gasteiger partial charge in [0, 0.05) is 16.7 Å².